The van der Waals surface area contributed by atoms with Gasteiger partial charge in [0.2, 0.25) is 11.8 Å². The normalized spacial score (nSPS) is 16.3. The van der Waals surface area contributed by atoms with Crippen molar-refractivity contribution in [3.05, 3.63) is 64.8 Å². The Bertz CT molecular complexity index is 1800. The number of likely N-dealkylation sites (tertiary alicyclic amines) is 1. The molecular formula is C22H20F2N6O6S3. The van der Waals surface area contributed by atoms with Gasteiger partial charge in [-0.3, -0.25) is 4.79 Å². The van der Waals surface area contributed by atoms with Gasteiger partial charge in [0.1, 0.15) is 5.01 Å². The van der Waals surface area contributed by atoms with Crippen LogP contribution in [0.5, 0.6) is 0 Å². The third-order valence-electron chi connectivity index (χ3n) is 5.76. The molecule has 0 saturated carbocycles. The van der Waals surface area contributed by atoms with E-state index in [4.69, 9.17) is 9.56 Å². The van der Waals surface area contributed by atoms with E-state index in [1.807, 2.05) is 4.72 Å². The molecule has 17 heteroatoms. The zero-order chi connectivity index (χ0) is 28.2. The fourth-order valence-corrected chi connectivity index (χ4v) is 6.84. The highest BCUT2D eigenvalue weighted by Crippen LogP contribution is 2.36. The molecule has 1 unspecified atom stereocenters. The lowest BCUT2D eigenvalue weighted by molar-refractivity contribution is -0.113. The van der Waals surface area contributed by atoms with E-state index in [-0.39, 0.29) is 22.4 Å². The molecule has 2 aromatic carbocycles. The second-order valence-electron chi connectivity index (χ2n) is 8.94. The maximum absolute atomic E-state index is 13.2. The smallest absolute Gasteiger partial charge is 0.282 e. The highest BCUT2D eigenvalue weighted by molar-refractivity contribution is 7.91. The molecule has 1 fully saturated rings. The van der Waals surface area contributed by atoms with E-state index in [2.05, 4.69) is 15.2 Å². The highest BCUT2D eigenvalue weighted by atomic mass is 32.2. The van der Waals surface area contributed by atoms with Crippen LogP contribution in [0.1, 0.15) is 32.4 Å². The number of hydrogen-bond acceptors (Lipinski definition) is 10. The van der Waals surface area contributed by atoms with Gasteiger partial charge in [-0.1, -0.05) is 18.2 Å². The largest absolute Gasteiger partial charge is 0.422 e. The molecule has 1 atom stereocenters. The summed E-state index contributed by atoms with van der Waals surface area (Å²) < 4.78 is 81.9. The van der Waals surface area contributed by atoms with E-state index in [0.717, 1.165) is 22.5 Å². The average molecular weight is 599 g/mol. The van der Waals surface area contributed by atoms with E-state index in [0.29, 0.717) is 21.3 Å². The topological polar surface area (TPSA) is 178 Å². The Morgan fingerprint density at radius 2 is 1.87 bits per heavy atom. The number of nitrogens with one attached hydrogen (secondary N) is 1. The molecule has 5 rings (SSSR count). The van der Waals surface area contributed by atoms with Gasteiger partial charge in [-0.25, -0.2) is 27.3 Å². The number of carbonyl (C=O) groups excluding carboxylic acids is 1. The second kappa shape index (κ2) is 9.67. The first-order chi connectivity index (χ1) is 18.2. The van der Waals surface area contributed by atoms with Gasteiger partial charge in [0, 0.05) is 11.8 Å². The van der Waals surface area contributed by atoms with Gasteiger partial charge in [-0.05, 0) is 35.4 Å². The number of alkyl halides is 2. The first kappa shape index (κ1) is 27.2. The number of aromatic nitrogens is 3. The van der Waals surface area contributed by atoms with E-state index >= 15 is 0 Å². The number of carbonyl (C=O) groups is 1. The number of hydrogen-bond donors (Lipinski definition) is 2. The minimum absolute atomic E-state index is 0.155. The van der Waals surface area contributed by atoms with Crippen molar-refractivity contribution in [3.63, 3.8) is 0 Å². The van der Waals surface area contributed by atoms with Crippen molar-refractivity contribution in [1.82, 2.24) is 24.8 Å². The maximum Gasteiger partial charge on any atom is 0.282 e. The van der Waals surface area contributed by atoms with Gasteiger partial charge >= 0.3 is 0 Å². The Balaban J connectivity index is 1.44. The molecule has 1 aliphatic heterocycles. The molecule has 12 nitrogen and oxygen atoms in total. The summed E-state index contributed by atoms with van der Waals surface area (Å²) in [6, 6.07) is 11.8. The Morgan fingerprint density at radius 3 is 2.54 bits per heavy atom. The summed E-state index contributed by atoms with van der Waals surface area (Å²) in [5, 5.41) is 11.1. The molecule has 3 N–H and O–H groups in total. The standard InChI is InChI=1S/C22H20F2N6O6S3/c1-38(32,33)18(19-29-28-17(36-19)9-26-39(25,34)35)20-27-15-6-5-13(8-16(15)37-20)12-3-2-4-14(7-12)21(31)30-10-22(23,24)11-30/h2-8,18,26H,9-11H2,1H3,(H2,25,34,35). The fraction of sp³-hybridized carbons (Fsp3) is 0.273. The number of rotatable bonds is 8. The van der Waals surface area contributed by atoms with Gasteiger partial charge in [-0.2, -0.15) is 13.1 Å². The van der Waals surface area contributed by atoms with Crippen molar-refractivity contribution in [3.8, 4) is 11.1 Å². The molecule has 2 aromatic heterocycles. The third kappa shape index (κ3) is 5.96. The molecule has 206 valence electrons. The second-order valence-corrected chi connectivity index (χ2v) is 13.5. The van der Waals surface area contributed by atoms with E-state index < -0.39 is 56.8 Å². The third-order valence-corrected chi connectivity index (χ3v) is 8.82. The van der Waals surface area contributed by atoms with Gasteiger partial charge in [-0.15, -0.1) is 21.5 Å². The lowest BCUT2D eigenvalue weighted by atomic mass is 10.0. The van der Waals surface area contributed by atoms with Crippen molar-refractivity contribution in [2.75, 3.05) is 19.3 Å². The van der Waals surface area contributed by atoms with Crippen LogP contribution in [0.2, 0.25) is 0 Å². The van der Waals surface area contributed by atoms with E-state index in [1.165, 1.54) is 0 Å². The molecule has 4 aromatic rings. The monoisotopic (exact) mass is 598 g/mol. The van der Waals surface area contributed by atoms with Crippen LogP contribution in [0.3, 0.4) is 0 Å². The molecule has 3 heterocycles. The molecule has 0 bridgehead atoms. The zero-order valence-electron chi connectivity index (χ0n) is 20.0. The van der Waals surface area contributed by atoms with Crippen LogP contribution < -0.4 is 9.86 Å². The molecule has 0 aliphatic carbocycles. The first-order valence-corrected chi connectivity index (χ1v) is 15.5. The summed E-state index contributed by atoms with van der Waals surface area (Å²) >= 11 is 1.08. The van der Waals surface area contributed by atoms with Crippen LogP contribution >= 0.6 is 11.3 Å². The minimum Gasteiger partial charge on any atom is -0.422 e. The minimum atomic E-state index is -4.03. The molecular weight excluding hydrogens is 578 g/mol. The zero-order valence-corrected chi connectivity index (χ0v) is 22.5. The summed E-state index contributed by atoms with van der Waals surface area (Å²) in [6.07, 6.45) is 0.984. The number of nitrogens with zero attached hydrogens (tertiary/aromatic N) is 4. The SMILES string of the molecule is CS(=O)(=O)C(c1nnc(CNS(N)(=O)=O)o1)c1nc2ccc(-c3cccc(C(=O)N4CC(F)(F)C4)c3)cc2s1. The molecule has 0 radical (unpaired) electrons. The van der Waals surface area contributed by atoms with Crippen molar-refractivity contribution < 1.29 is 34.8 Å². The van der Waals surface area contributed by atoms with Gasteiger partial charge < -0.3 is 9.32 Å². The Labute approximate surface area is 225 Å². The van der Waals surface area contributed by atoms with E-state index in [1.54, 1.807) is 42.5 Å². The number of benzene rings is 2. The van der Waals surface area contributed by atoms with Gasteiger partial charge in [0.15, 0.2) is 15.1 Å². The van der Waals surface area contributed by atoms with Gasteiger partial charge in [0.25, 0.3) is 22.0 Å². The number of nitrogens with two attached hydrogens (primary N) is 1. The summed E-state index contributed by atoms with van der Waals surface area (Å²) in [5.74, 6) is -3.83. The van der Waals surface area contributed by atoms with E-state index in [9.17, 15) is 30.4 Å². The van der Waals surface area contributed by atoms with Crippen LogP contribution in [0.25, 0.3) is 21.3 Å². The lowest BCUT2D eigenvalue weighted by Crippen LogP contribution is -2.58. The number of halogens is 2. The lowest BCUT2D eigenvalue weighted by Gasteiger charge is -2.38. The first-order valence-electron chi connectivity index (χ1n) is 11.2. The van der Waals surface area contributed by atoms with Crippen LogP contribution in [-0.4, -0.2) is 68.1 Å². The Morgan fingerprint density at radius 1 is 1.15 bits per heavy atom. The highest BCUT2D eigenvalue weighted by Gasteiger charge is 2.46. The molecule has 39 heavy (non-hydrogen) atoms. The number of sulfone groups is 1. The average Bonchev–Trinajstić information content (AvgIpc) is 3.46. The van der Waals surface area contributed by atoms with Crippen molar-refractivity contribution >= 4 is 47.5 Å². The Kier molecular flexibility index (Phi) is 6.74. The molecule has 1 saturated heterocycles. The van der Waals surface area contributed by atoms with Crippen molar-refractivity contribution in [2.24, 2.45) is 5.14 Å². The quantitative estimate of drug-likeness (QED) is 0.306. The summed E-state index contributed by atoms with van der Waals surface area (Å²) in [4.78, 5) is 18.1. The predicted molar refractivity (Wildman–Crippen MR) is 137 cm³/mol. The van der Waals surface area contributed by atoms with Crippen LogP contribution in [-0.2, 0) is 26.6 Å². The maximum atomic E-state index is 13.2. The fourth-order valence-electron chi connectivity index (χ4n) is 3.98. The van der Waals surface area contributed by atoms with Crippen LogP contribution in [0.4, 0.5) is 8.78 Å². The van der Waals surface area contributed by atoms with Crippen LogP contribution in [0.15, 0.2) is 46.9 Å². The number of amides is 1. The number of fused-ring (bicyclic) bond motifs is 1. The van der Waals surface area contributed by atoms with Crippen LogP contribution in [0, 0.1) is 0 Å². The number of thiazole rings is 1. The molecule has 1 amide bonds. The Hall–Kier alpha value is -3.38. The molecule has 0 spiro atoms. The summed E-state index contributed by atoms with van der Waals surface area (Å²) in [6.45, 7) is -1.65. The van der Waals surface area contributed by atoms with Crippen molar-refractivity contribution in [1.29, 1.82) is 0 Å². The molecule has 1 aliphatic rings. The summed E-state index contributed by atoms with van der Waals surface area (Å²) in [7, 11) is -7.88. The predicted octanol–water partition coefficient (Wildman–Crippen LogP) is 1.86. The van der Waals surface area contributed by atoms with Crippen molar-refractivity contribution in [2.45, 2.75) is 17.7 Å². The summed E-state index contributed by atoms with van der Waals surface area (Å²) in [5.41, 5.74) is 2.13. The van der Waals surface area contributed by atoms with Gasteiger partial charge in [0.05, 0.1) is 29.9 Å².